The lowest BCUT2D eigenvalue weighted by Gasteiger charge is -2.37. The molecule has 1 unspecified atom stereocenters. The quantitative estimate of drug-likeness (QED) is 0.519. The molecule has 3 aromatic rings. The van der Waals surface area contributed by atoms with Crippen LogP contribution in [-0.2, 0) is 4.79 Å². The summed E-state index contributed by atoms with van der Waals surface area (Å²) in [5, 5.41) is 9.91. The molecule has 33 heavy (non-hydrogen) atoms. The number of pyridine rings is 1. The summed E-state index contributed by atoms with van der Waals surface area (Å²) in [6.45, 7) is 4.58. The summed E-state index contributed by atoms with van der Waals surface area (Å²) in [5.74, 6) is 0.584. The van der Waals surface area contributed by atoms with E-state index in [2.05, 4.69) is 40.2 Å². The fraction of sp³-hybridized carbons (Fsp3) is 0.296. The van der Waals surface area contributed by atoms with Crippen molar-refractivity contribution in [2.75, 3.05) is 31.9 Å². The van der Waals surface area contributed by atoms with Crippen LogP contribution >= 0.6 is 11.8 Å². The number of carbonyl (C=O) groups is 1. The van der Waals surface area contributed by atoms with Crippen molar-refractivity contribution in [2.45, 2.75) is 18.2 Å². The predicted octanol–water partition coefficient (Wildman–Crippen LogP) is 4.62. The lowest BCUT2D eigenvalue weighted by Crippen LogP contribution is -2.50. The first-order chi connectivity index (χ1) is 16.2. The Morgan fingerprint density at radius 3 is 2.12 bits per heavy atom. The smallest absolute Gasteiger partial charge is 0.232 e. The normalized spacial score (nSPS) is 15.2. The summed E-state index contributed by atoms with van der Waals surface area (Å²) in [6, 6.07) is 26.6. The minimum Gasteiger partial charge on any atom is -0.339 e. The molecule has 1 aliphatic rings. The topological polar surface area (TPSA) is 60.2 Å². The Morgan fingerprint density at radius 2 is 1.58 bits per heavy atom. The van der Waals surface area contributed by atoms with Crippen molar-refractivity contribution < 1.29 is 4.79 Å². The van der Waals surface area contributed by atoms with Gasteiger partial charge in [0.15, 0.2) is 0 Å². The zero-order chi connectivity index (χ0) is 23.0. The molecule has 0 bridgehead atoms. The first kappa shape index (κ1) is 23.0. The number of rotatable bonds is 7. The maximum atomic E-state index is 13.0. The number of benzene rings is 2. The molecule has 1 fully saturated rings. The molecule has 1 atom stereocenters. The molecule has 168 valence electrons. The van der Waals surface area contributed by atoms with Crippen LogP contribution in [0.15, 0.2) is 79.0 Å². The number of hydrogen-bond acceptors (Lipinski definition) is 5. The van der Waals surface area contributed by atoms with Gasteiger partial charge in [-0.2, -0.15) is 5.26 Å². The van der Waals surface area contributed by atoms with E-state index in [0.717, 1.165) is 11.3 Å². The molecule has 0 spiro atoms. The highest BCUT2D eigenvalue weighted by Gasteiger charge is 2.28. The summed E-state index contributed by atoms with van der Waals surface area (Å²) in [7, 11) is 0. The standard InChI is InChI=1S/C27H28N4OS/c1-21-24(13-8-14-29-21)25(19-28)30-15-17-31(18-16-30)26(32)20-33-27(22-9-4-2-5-10-22)23-11-6-3-7-12-23/h2-14,25,27H,15-18,20H2,1H3. The molecular formula is C27H28N4OS. The average molecular weight is 457 g/mol. The Kier molecular flexibility index (Phi) is 7.77. The van der Waals surface area contributed by atoms with Gasteiger partial charge in [-0.1, -0.05) is 66.7 Å². The lowest BCUT2D eigenvalue weighted by atomic mass is 10.0. The summed E-state index contributed by atoms with van der Waals surface area (Å²) in [5.41, 5.74) is 4.24. The van der Waals surface area contributed by atoms with Gasteiger partial charge in [0.25, 0.3) is 0 Å². The first-order valence-corrected chi connectivity index (χ1v) is 12.3. The summed E-state index contributed by atoms with van der Waals surface area (Å²) < 4.78 is 0. The molecule has 6 heteroatoms. The Morgan fingerprint density at radius 1 is 0.970 bits per heavy atom. The van der Waals surface area contributed by atoms with E-state index in [1.54, 1.807) is 18.0 Å². The van der Waals surface area contributed by atoms with Gasteiger partial charge < -0.3 is 4.90 Å². The fourth-order valence-corrected chi connectivity index (χ4v) is 5.44. The van der Waals surface area contributed by atoms with Crippen molar-refractivity contribution >= 4 is 17.7 Å². The van der Waals surface area contributed by atoms with Crippen LogP contribution in [0.2, 0.25) is 0 Å². The third kappa shape index (κ3) is 5.62. The maximum Gasteiger partial charge on any atom is 0.232 e. The molecule has 1 amide bonds. The highest BCUT2D eigenvalue weighted by molar-refractivity contribution is 8.00. The molecule has 1 aliphatic heterocycles. The number of carbonyl (C=O) groups excluding carboxylic acids is 1. The Bertz CT molecular complexity index is 1050. The van der Waals surface area contributed by atoms with Gasteiger partial charge in [-0.05, 0) is 24.1 Å². The predicted molar refractivity (Wildman–Crippen MR) is 133 cm³/mol. The van der Waals surface area contributed by atoms with E-state index in [0.29, 0.717) is 31.9 Å². The van der Waals surface area contributed by atoms with Crippen molar-refractivity contribution in [2.24, 2.45) is 0 Å². The van der Waals surface area contributed by atoms with E-state index in [-0.39, 0.29) is 17.2 Å². The highest BCUT2D eigenvalue weighted by Crippen LogP contribution is 2.35. The van der Waals surface area contributed by atoms with E-state index in [1.807, 2.05) is 60.4 Å². The molecule has 1 aromatic heterocycles. The second kappa shape index (κ2) is 11.1. The van der Waals surface area contributed by atoms with E-state index in [1.165, 1.54) is 11.1 Å². The summed E-state index contributed by atoms with van der Waals surface area (Å²) in [6.07, 6.45) is 1.75. The number of aromatic nitrogens is 1. The molecule has 5 nitrogen and oxygen atoms in total. The van der Waals surface area contributed by atoms with Crippen LogP contribution in [0.1, 0.15) is 33.7 Å². The number of nitriles is 1. The molecule has 2 aromatic carbocycles. The van der Waals surface area contributed by atoms with E-state index >= 15 is 0 Å². The first-order valence-electron chi connectivity index (χ1n) is 11.2. The third-order valence-corrected chi connectivity index (χ3v) is 7.37. The summed E-state index contributed by atoms with van der Waals surface area (Å²) in [4.78, 5) is 21.5. The molecule has 0 saturated carbocycles. The maximum absolute atomic E-state index is 13.0. The van der Waals surface area contributed by atoms with Crippen LogP contribution in [-0.4, -0.2) is 52.6 Å². The second-order valence-corrected chi connectivity index (χ2v) is 9.23. The largest absolute Gasteiger partial charge is 0.339 e. The van der Waals surface area contributed by atoms with Crippen molar-refractivity contribution in [3.05, 3.63) is 101 Å². The monoisotopic (exact) mass is 456 g/mol. The van der Waals surface area contributed by atoms with Crippen LogP contribution in [0.25, 0.3) is 0 Å². The van der Waals surface area contributed by atoms with Crippen LogP contribution < -0.4 is 0 Å². The highest BCUT2D eigenvalue weighted by atomic mass is 32.2. The van der Waals surface area contributed by atoms with E-state index in [9.17, 15) is 10.1 Å². The second-order valence-electron chi connectivity index (χ2n) is 8.14. The number of piperazine rings is 1. The number of aryl methyl sites for hydroxylation is 1. The Balaban J connectivity index is 1.37. The van der Waals surface area contributed by atoms with Gasteiger partial charge in [0, 0.05) is 43.6 Å². The van der Waals surface area contributed by atoms with E-state index in [4.69, 9.17) is 0 Å². The van der Waals surface area contributed by atoms with Crippen molar-refractivity contribution in [1.29, 1.82) is 5.26 Å². The van der Waals surface area contributed by atoms with Crippen molar-refractivity contribution in [1.82, 2.24) is 14.8 Å². The van der Waals surface area contributed by atoms with Gasteiger partial charge in [-0.15, -0.1) is 11.8 Å². The Labute approximate surface area is 200 Å². The molecule has 0 N–H and O–H groups in total. The van der Waals surface area contributed by atoms with Crippen molar-refractivity contribution in [3.8, 4) is 6.07 Å². The zero-order valence-electron chi connectivity index (χ0n) is 18.8. The lowest BCUT2D eigenvalue weighted by molar-refractivity contribution is -0.130. The van der Waals surface area contributed by atoms with Crippen molar-refractivity contribution in [3.63, 3.8) is 0 Å². The molecule has 0 radical (unpaired) electrons. The number of thioether (sulfide) groups is 1. The summed E-state index contributed by atoms with van der Waals surface area (Å²) >= 11 is 1.67. The van der Waals surface area contributed by atoms with Gasteiger partial charge in [-0.3, -0.25) is 14.7 Å². The van der Waals surface area contributed by atoms with Crippen LogP contribution in [0.4, 0.5) is 0 Å². The third-order valence-electron chi connectivity index (χ3n) is 6.07. The SMILES string of the molecule is Cc1ncccc1C(C#N)N1CCN(C(=O)CSC(c2ccccc2)c2ccccc2)CC1. The molecule has 1 saturated heterocycles. The van der Waals surface area contributed by atoms with Gasteiger partial charge in [-0.25, -0.2) is 0 Å². The molecule has 2 heterocycles. The molecule has 0 aliphatic carbocycles. The number of nitrogens with zero attached hydrogens (tertiary/aromatic N) is 4. The minimum absolute atomic E-state index is 0.120. The van der Waals surface area contributed by atoms with Gasteiger partial charge in [0.05, 0.1) is 17.1 Å². The number of hydrogen-bond donors (Lipinski definition) is 0. The average Bonchev–Trinajstić information content (AvgIpc) is 2.87. The van der Waals surface area contributed by atoms with Crippen LogP contribution in [0.3, 0.4) is 0 Å². The van der Waals surface area contributed by atoms with Crippen LogP contribution in [0, 0.1) is 18.3 Å². The minimum atomic E-state index is -0.328. The van der Waals surface area contributed by atoms with Gasteiger partial charge in [0.2, 0.25) is 5.91 Å². The fourth-order valence-electron chi connectivity index (χ4n) is 4.25. The molecule has 4 rings (SSSR count). The van der Waals surface area contributed by atoms with Crippen LogP contribution in [0.5, 0.6) is 0 Å². The zero-order valence-corrected chi connectivity index (χ0v) is 19.6. The van der Waals surface area contributed by atoms with Gasteiger partial charge >= 0.3 is 0 Å². The number of amides is 1. The molecular weight excluding hydrogens is 428 g/mol. The van der Waals surface area contributed by atoms with Gasteiger partial charge in [0.1, 0.15) is 6.04 Å². The van der Waals surface area contributed by atoms with E-state index < -0.39 is 0 Å². The Hall–Kier alpha value is -3.14.